The quantitative estimate of drug-likeness (QED) is 0.336. The zero-order valence-electron chi connectivity index (χ0n) is 9.42. The predicted molar refractivity (Wildman–Crippen MR) is 97.1 cm³/mol. The Morgan fingerprint density at radius 3 is 1.44 bits per heavy atom. The normalized spacial score (nSPS) is 15.0. The van der Waals surface area contributed by atoms with Crippen LogP contribution in [0.25, 0.3) is 0 Å². The van der Waals surface area contributed by atoms with Gasteiger partial charge in [0.1, 0.15) is 0 Å². The average molecular weight is 335 g/mol. The summed E-state index contributed by atoms with van der Waals surface area (Å²) in [4.78, 5) is 0. The number of hydrogen-bond donors (Lipinski definition) is 4. The molecule has 0 saturated heterocycles. The van der Waals surface area contributed by atoms with Crippen LogP contribution in [0.5, 0.6) is 0 Å². The number of thiol groups is 4. The van der Waals surface area contributed by atoms with Gasteiger partial charge in [-0.25, -0.2) is 0 Å². The second-order valence-corrected chi connectivity index (χ2v) is 8.14. The first kappa shape index (κ1) is 18.1. The highest BCUT2D eigenvalue weighted by molar-refractivity contribution is 8.01. The Bertz CT molecular complexity index is 127. The predicted octanol–water partition coefficient (Wildman–Crippen LogP) is 3.69. The van der Waals surface area contributed by atoms with Crippen LogP contribution in [-0.4, -0.2) is 45.0 Å². The van der Waals surface area contributed by atoms with Crippen LogP contribution in [0.15, 0.2) is 0 Å². The molecular formula is C10H22S6. The van der Waals surface area contributed by atoms with Crippen LogP contribution in [0.3, 0.4) is 0 Å². The molecule has 6 heteroatoms. The first-order valence-corrected chi connectivity index (χ1v) is 10.0. The Morgan fingerprint density at radius 1 is 0.750 bits per heavy atom. The molecule has 0 spiro atoms. The minimum atomic E-state index is 0.509. The smallest absolute Gasteiger partial charge is 0.0108 e. The molecular weight excluding hydrogens is 313 g/mol. The Morgan fingerprint density at radius 2 is 1.12 bits per heavy atom. The molecule has 0 radical (unpaired) electrons. The highest BCUT2D eigenvalue weighted by Crippen LogP contribution is 2.18. The van der Waals surface area contributed by atoms with Crippen molar-refractivity contribution in [2.75, 3.05) is 34.5 Å². The maximum Gasteiger partial charge on any atom is 0.0108 e. The Labute approximate surface area is 131 Å². The molecule has 0 aliphatic rings. The Balaban J connectivity index is 3.32. The van der Waals surface area contributed by atoms with Gasteiger partial charge < -0.3 is 0 Å². The van der Waals surface area contributed by atoms with Gasteiger partial charge in [0.25, 0.3) is 0 Å². The molecule has 0 aromatic heterocycles. The summed E-state index contributed by atoms with van der Waals surface area (Å²) >= 11 is 21.4. The lowest BCUT2D eigenvalue weighted by Gasteiger charge is -2.13. The molecule has 16 heavy (non-hydrogen) atoms. The fourth-order valence-electron chi connectivity index (χ4n) is 1.12. The van der Waals surface area contributed by atoms with Crippen LogP contribution in [-0.2, 0) is 0 Å². The summed E-state index contributed by atoms with van der Waals surface area (Å²) < 4.78 is 0. The summed E-state index contributed by atoms with van der Waals surface area (Å²) in [5.74, 6) is 6.44. The van der Waals surface area contributed by atoms with Crippen LogP contribution in [0.1, 0.15) is 12.8 Å². The Kier molecular flexibility index (Phi) is 15.3. The van der Waals surface area contributed by atoms with E-state index in [2.05, 4.69) is 50.5 Å². The van der Waals surface area contributed by atoms with Gasteiger partial charge >= 0.3 is 0 Å². The first-order valence-electron chi connectivity index (χ1n) is 5.44. The molecule has 0 aliphatic heterocycles. The van der Waals surface area contributed by atoms with Crippen LogP contribution in [0, 0.1) is 0 Å². The van der Waals surface area contributed by atoms with E-state index in [4.69, 9.17) is 0 Å². The number of rotatable bonds is 11. The van der Waals surface area contributed by atoms with E-state index in [1.54, 1.807) is 0 Å². The molecule has 0 saturated carbocycles. The van der Waals surface area contributed by atoms with Crippen LogP contribution in [0.4, 0.5) is 0 Å². The molecule has 0 aromatic rings. The molecule has 0 nitrogen and oxygen atoms in total. The third-order valence-electron chi connectivity index (χ3n) is 1.92. The van der Waals surface area contributed by atoms with Crippen LogP contribution >= 0.6 is 74.0 Å². The molecule has 0 aromatic carbocycles. The maximum absolute atomic E-state index is 4.59. The first-order chi connectivity index (χ1) is 7.70. The van der Waals surface area contributed by atoms with Crippen molar-refractivity contribution in [3.8, 4) is 0 Å². The molecule has 98 valence electrons. The zero-order chi connectivity index (χ0) is 12.2. The van der Waals surface area contributed by atoms with Gasteiger partial charge in [0.05, 0.1) is 0 Å². The summed E-state index contributed by atoms with van der Waals surface area (Å²) in [5.41, 5.74) is 0. The van der Waals surface area contributed by atoms with E-state index in [-0.39, 0.29) is 0 Å². The van der Waals surface area contributed by atoms with Crippen molar-refractivity contribution in [3.63, 3.8) is 0 Å². The standard InChI is InChI=1S/C10H22S6/c11-3-5-15-7-9(13)1-2-10(14)8-16-6-4-12/h9-14H,1-8H2. The maximum atomic E-state index is 4.59. The second-order valence-electron chi connectivity index (χ2n) is 3.48. The summed E-state index contributed by atoms with van der Waals surface area (Å²) in [5, 5.41) is 1.02. The second kappa shape index (κ2) is 13.5. The van der Waals surface area contributed by atoms with Crippen molar-refractivity contribution in [1.29, 1.82) is 0 Å². The van der Waals surface area contributed by atoms with E-state index in [0.29, 0.717) is 10.5 Å². The lowest BCUT2D eigenvalue weighted by atomic mass is 10.2. The van der Waals surface area contributed by atoms with Crippen molar-refractivity contribution < 1.29 is 0 Å². The SMILES string of the molecule is SCCSCC(S)CCC(S)CSCCS. The molecule has 0 fully saturated rings. The van der Waals surface area contributed by atoms with E-state index in [1.165, 1.54) is 0 Å². The Hall–Kier alpha value is 2.10. The van der Waals surface area contributed by atoms with Gasteiger partial charge in [0, 0.05) is 33.5 Å². The number of hydrogen-bond acceptors (Lipinski definition) is 6. The van der Waals surface area contributed by atoms with Gasteiger partial charge in [0.15, 0.2) is 0 Å². The monoisotopic (exact) mass is 334 g/mol. The zero-order valence-corrected chi connectivity index (χ0v) is 14.6. The minimum absolute atomic E-state index is 0.509. The minimum Gasteiger partial charge on any atom is -0.179 e. The topological polar surface area (TPSA) is 0 Å². The largest absolute Gasteiger partial charge is 0.179 e. The van der Waals surface area contributed by atoms with Crippen molar-refractivity contribution in [2.45, 2.75) is 23.3 Å². The fraction of sp³-hybridized carbons (Fsp3) is 1.00. The molecule has 0 bridgehead atoms. The third-order valence-corrected chi connectivity index (χ3v) is 6.61. The molecule has 2 unspecified atom stereocenters. The van der Waals surface area contributed by atoms with Crippen molar-refractivity contribution in [1.82, 2.24) is 0 Å². The van der Waals surface area contributed by atoms with E-state index in [0.717, 1.165) is 47.4 Å². The van der Waals surface area contributed by atoms with Gasteiger partial charge in [-0.05, 0) is 24.3 Å². The highest BCUT2D eigenvalue weighted by atomic mass is 32.2. The summed E-state index contributed by atoms with van der Waals surface area (Å²) in [6.45, 7) is 0. The van der Waals surface area contributed by atoms with Gasteiger partial charge in [-0.1, -0.05) is 0 Å². The summed E-state index contributed by atoms with van der Waals surface area (Å²) in [6, 6.07) is 0. The lowest BCUT2D eigenvalue weighted by molar-refractivity contribution is 0.739. The number of thioether (sulfide) groups is 2. The molecule has 0 heterocycles. The fourth-order valence-corrected chi connectivity index (χ4v) is 4.29. The van der Waals surface area contributed by atoms with Gasteiger partial charge in [-0.15, -0.1) is 0 Å². The lowest BCUT2D eigenvalue weighted by Crippen LogP contribution is -2.10. The van der Waals surface area contributed by atoms with Crippen molar-refractivity contribution >= 4 is 74.0 Å². The van der Waals surface area contributed by atoms with E-state index in [1.807, 2.05) is 23.5 Å². The van der Waals surface area contributed by atoms with Crippen LogP contribution in [0.2, 0.25) is 0 Å². The molecule has 0 aliphatic carbocycles. The van der Waals surface area contributed by atoms with E-state index >= 15 is 0 Å². The van der Waals surface area contributed by atoms with Crippen molar-refractivity contribution in [3.05, 3.63) is 0 Å². The summed E-state index contributed by atoms with van der Waals surface area (Å²) in [7, 11) is 0. The van der Waals surface area contributed by atoms with Gasteiger partial charge in [-0.3, -0.25) is 0 Å². The molecule has 0 rings (SSSR count). The van der Waals surface area contributed by atoms with Crippen LogP contribution < -0.4 is 0 Å². The average Bonchev–Trinajstić information content (AvgIpc) is 2.27. The van der Waals surface area contributed by atoms with E-state index < -0.39 is 0 Å². The molecule has 0 N–H and O–H groups in total. The summed E-state index contributed by atoms with van der Waals surface area (Å²) in [6.07, 6.45) is 2.33. The molecule has 2 atom stereocenters. The van der Waals surface area contributed by atoms with E-state index in [9.17, 15) is 0 Å². The van der Waals surface area contributed by atoms with Crippen molar-refractivity contribution in [2.24, 2.45) is 0 Å². The third kappa shape index (κ3) is 12.6. The molecule has 0 amide bonds. The van der Waals surface area contributed by atoms with Gasteiger partial charge in [-0.2, -0.15) is 74.0 Å². The highest BCUT2D eigenvalue weighted by Gasteiger charge is 2.08. The van der Waals surface area contributed by atoms with Gasteiger partial charge in [0.2, 0.25) is 0 Å².